The Hall–Kier alpha value is -1.26. The van der Waals surface area contributed by atoms with E-state index in [2.05, 4.69) is 36.0 Å². The van der Waals surface area contributed by atoms with Crippen LogP contribution in [0.25, 0.3) is 0 Å². The van der Waals surface area contributed by atoms with E-state index in [0.29, 0.717) is 13.0 Å². The molecule has 1 N–H and O–H groups in total. The van der Waals surface area contributed by atoms with Gasteiger partial charge in [0.2, 0.25) is 5.88 Å². The van der Waals surface area contributed by atoms with Crippen molar-refractivity contribution in [2.75, 3.05) is 11.9 Å². The van der Waals surface area contributed by atoms with Gasteiger partial charge >= 0.3 is 12.4 Å². The number of hydrogen-bond donors (Lipinski definition) is 1. The van der Waals surface area contributed by atoms with Crippen LogP contribution < -0.4 is 10.1 Å². The number of nitrogens with zero attached hydrogens (tertiary/aromatic N) is 2. The number of ether oxygens (including phenoxy) is 1. The Kier molecular flexibility index (Phi) is 5.65. The van der Waals surface area contributed by atoms with Crippen LogP contribution in [0.15, 0.2) is 10.8 Å². The van der Waals surface area contributed by atoms with E-state index < -0.39 is 24.3 Å². The second-order valence-electron chi connectivity index (χ2n) is 3.85. The van der Waals surface area contributed by atoms with Crippen LogP contribution in [0.5, 0.6) is 5.88 Å². The van der Waals surface area contributed by atoms with Crippen LogP contribution in [-0.2, 0) is 0 Å². The summed E-state index contributed by atoms with van der Waals surface area (Å²) in [6, 6.07) is 0. The van der Waals surface area contributed by atoms with Crippen LogP contribution in [0.2, 0.25) is 0 Å². The van der Waals surface area contributed by atoms with Gasteiger partial charge in [-0.3, -0.25) is 0 Å². The average molecular weight is 382 g/mol. The molecular formula is C10H10BrF6N3O. The number of alkyl halides is 6. The maximum Gasteiger partial charge on any atom is 0.434 e. The maximum absolute atomic E-state index is 12.4. The maximum atomic E-state index is 12.4. The third kappa shape index (κ3) is 4.90. The molecule has 0 unspecified atom stereocenters. The molecule has 0 aliphatic heterocycles. The molecule has 0 aliphatic carbocycles. The Morgan fingerprint density at radius 1 is 1.19 bits per heavy atom. The first-order valence-electron chi connectivity index (χ1n) is 5.61. The molecule has 0 spiro atoms. The number of aromatic nitrogens is 2. The first kappa shape index (κ1) is 17.8. The highest BCUT2D eigenvalue weighted by Crippen LogP contribution is 2.38. The highest BCUT2D eigenvalue weighted by atomic mass is 79.9. The van der Waals surface area contributed by atoms with Gasteiger partial charge in [-0.2, -0.15) is 26.3 Å². The van der Waals surface area contributed by atoms with Crippen molar-refractivity contribution in [1.82, 2.24) is 9.97 Å². The minimum atomic E-state index is -5.61. The first-order chi connectivity index (χ1) is 9.57. The number of halogens is 7. The Bertz CT molecular complexity index is 465. The van der Waals surface area contributed by atoms with Crippen LogP contribution in [0, 0.1) is 0 Å². The van der Waals surface area contributed by atoms with E-state index in [0.717, 1.165) is 6.33 Å². The molecule has 1 aromatic rings. The van der Waals surface area contributed by atoms with E-state index in [4.69, 9.17) is 0 Å². The van der Waals surface area contributed by atoms with E-state index in [-0.39, 0.29) is 10.3 Å². The molecule has 0 saturated carbocycles. The summed E-state index contributed by atoms with van der Waals surface area (Å²) in [4.78, 5) is 6.99. The molecule has 1 rings (SSSR count). The standard InChI is InChI=1S/C10H10BrF6N3O/c1-2-3-18-6-5(11)7(20-4-19-6)21-8(9(12,13)14)10(15,16)17/h4,8H,2-3H2,1H3,(H,18,19,20). The average Bonchev–Trinajstić information content (AvgIpc) is 2.33. The van der Waals surface area contributed by atoms with Gasteiger partial charge in [0.15, 0.2) is 0 Å². The van der Waals surface area contributed by atoms with E-state index in [1.807, 2.05) is 6.92 Å². The molecule has 1 heterocycles. The van der Waals surface area contributed by atoms with Crippen molar-refractivity contribution in [2.24, 2.45) is 0 Å². The highest BCUT2D eigenvalue weighted by molar-refractivity contribution is 9.10. The molecule has 0 amide bonds. The molecule has 0 saturated heterocycles. The summed E-state index contributed by atoms with van der Waals surface area (Å²) in [7, 11) is 0. The molecule has 0 fully saturated rings. The molecule has 1 aromatic heterocycles. The molecule has 0 bridgehead atoms. The van der Waals surface area contributed by atoms with Gasteiger partial charge in [-0.25, -0.2) is 9.97 Å². The van der Waals surface area contributed by atoms with Crippen LogP contribution in [0.3, 0.4) is 0 Å². The molecule has 4 nitrogen and oxygen atoms in total. The van der Waals surface area contributed by atoms with Gasteiger partial charge in [-0.15, -0.1) is 0 Å². The summed E-state index contributed by atoms with van der Waals surface area (Å²) < 4.78 is 78.3. The fraction of sp³-hybridized carbons (Fsp3) is 0.600. The van der Waals surface area contributed by atoms with E-state index >= 15 is 0 Å². The van der Waals surface area contributed by atoms with Crippen LogP contribution in [-0.4, -0.2) is 35.0 Å². The second-order valence-corrected chi connectivity index (χ2v) is 4.64. The Balaban J connectivity index is 3.05. The van der Waals surface area contributed by atoms with E-state index in [1.165, 1.54) is 0 Å². The first-order valence-corrected chi connectivity index (χ1v) is 6.41. The van der Waals surface area contributed by atoms with E-state index in [9.17, 15) is 26.3 Å². The molecule has 0 aliphatic rings. The third-order valence-corrected chi connectivity index (χ3v) is 2.84. The topological polar surface area (TPSA) is 47.0 Å². The lowest BCUT2D eigenvalue weighted by Crippen LogP contribution is -2.46. The van der Waals surface area contributed by atoms with Gasteiger partial charge in [0, 0.05) is 6.54 Å². The lowest BCUT2D eigenvalue weighted by Gasteiger charge is -2.23. The van der Waals surface area contributed by atoms with Gasteiger partial charge in [-0.05, 0) is 22.4 Å². The molecule has 0 radical (unpaired) electrons. The summed E-state index contributed by atoms with van der Waals surface area (Å²) >= 11 is 2.83. The zero-order valence-corrected chi connectivity index (χ0v) is 12.1. The van der Waals surface area contributed by atoms with Gasteiger partial charge < -0.3 is 10.1 Å². The molecule has 0 aromatic carbocycles. The van der Waals surface area contributed by atoms with Crippen molar-refractivity contribution >= 4 is 21.7 Å². The molecule has 120 valence electrons. The van der Waals surface area contributed by atoms with Gasteiger partial charge in [-0.1, -0.05) is 6.92 Å². The molecule has 21 heavy (non-hydrogen) atoms. The molecule has 11 heteroatoms. The van der Waals surface area contributed by atoms with E-state index in [1.54, 1.807) is 0 Å². The lowest BCUT2D eigenvalue weighted by atomic mass is 10.3. The van der Waals surface area contributed by atoms with Gasteiger partial charge in [0.1, 0.15) is 16.6 Å². The van der Waals surface area contributed by atoms with Crippen molar-refractivity contribution in [3.8, 4) is 5.88 Å². The smallest absolute Gasteiger partial charge is 0.434 e. The minimum Gasteiger partial charge on any atom is -0.454 e. The van der Waals surface area contributed by atoms with Crippen LogP contribution in [0.4, 0.5) is 32.2 Å². The summed E-state index contributed by atoms with van der Waals surface area (Å²) in [5.74, 6) is -0.798. The third-order valence-electron chi connectivity index (χ3n) is 2.12. The minimum absolute atomic E-state index is 0.0462. The summed E-state index contributed by atoms with van der Waals surface area (Å²) in [5, 5.41) is 2.71. The Morgan fingerprint density at radius 3 is 2.24 bits per heavy atom. The highest BCUT2D eigenvalue weighted by Gasteiger charge is 2.59. The quantitative estimate of drug-likeness (QED) is 0.785. The summed E-state index contributed by atoms with van der Waals surface area (Å²) in [6.07, 6.45) is -13.7. The zero-order valence-electron chi connectivity index (χ0n) is 10.5. The Labute approximate surface area is 124 Å². The summed E-state index contributed by atoms with van der Waals surface area (Å²) in [6.45, 7) is 2.25. The van der Waals surface area contributed by atoms with Crippen molar-refractivity contribution in [3.63, 3.8) is 0 Å². The van der Waals surface area contributed by atoms with Gasteiger partial charge in [0.05, 0.1) is 0 Å². The lowest BCUT2D eigenvalue weighted by molar-refractivity contribution is -0.300. The molecule has 0 atom stereocenters. The normalized spacial score (nSPS) is 12.6. The predicted molar refractivity (Wildman–Crippen MR) is 65.0 cm³/mol. The SMILES string of the molecule is CCCNc1ncnc(OC(C(F)(F)F)C(F)(F)F)c1Br. The number of nitrogens with one attached hydrogen (secondary N) is 1. The van der Waals surface area contributed by atoms with Crippen molar-refractivity contribution < 1.29 is 31.1 Å². The fourth-order valence-electron chi connectivity index (χ4n) is 1.23. The summed E-state index contributed by atoms with van der Waals surface area (Å²) in [5.41, 5.74) is 0. The predicted octanol–water partition coefficient (Wildman–Crippen LogP) is 3.93. The number of hydrogen-bond acceptors (Lipinski definition) is 4. The van der Waals surface area contributed by atoms with Gasteiger partial charge in [0.25, 0.3) is 6.10 Å². The van der Waals surface area contributed by atoms with Crippen LogP contribution >= 0.6 is 15.9 Å². The van der Waals surface area contributed by atoms with Crippen molar-refractivity contribution in [3.05, 3.63) is 10.8 Å². The second kappa shape index (κ2) is 6.67. The zero-order chi connectivity index (χ0) is 16.3. The monoisotopic (exact) mass is 381 g/mol. The van der Waals surface area contributed by atoms with Crippen LogP contribution in [0.1, 0.15) is 13.3 Å². The molecular weight excluding hydrogens is 372 g/mol. The van der Waals surface area contributed by atoms with Crippen molar-refractivity contribution in [2.45, 2.75) is 31.8 Å². The largest absolute Gasteiger partial charge is 0.454 e. The van der Waals surface area contributed by atoms with Crippen molar-refractivity contribution in [1.29, 1.82) is 0 Å². The number of rotatable bonds is 5. The number of anilines is 1. The Morgan fingerprint density at radius 2 is 1.76 bits per heavy atom. The fourth-order valence-corrected chi connectivity index (χ4v) is 1.67.